The number of halogens is 1. The number of nitrogens with zero attached hydrogens (tertiary/aromatic N) is 1. The minimum atomic E-state index is -1.23. The molecule has 0 radical (unpaired) electrons. The number of hydrogen-bond donors (Lipinski definition) is 3. The van der Waals surface area contributed by atoms with E-state index in [2.05, 4.69) is 22.4 Å². The molecule has 0 saturated carbocycles. The fourth-order valence-electron chi connectivity index (χ4n) is 4.56. The molecule has 1 aromatic heterocycles. The normalized spacial score (nSPS) is 14.3. The first kappa shape index (κ1) is 22.3. The van der Waals surface area contributed by atoms with E-state index < -0.39 is 18.3 Å². The van der Waals surface area contributed by atoms with Gasteiger partial charge in [-0.25, -0.2) is 4.79 Å². The van der Waals surface area contributed by atoms with Crippen LogP contribution in [0, 0.1) is 0 Å². The summed E-state index contributed by atoms with van der Waals surface area (Å²) in [6, 6.07) is 23.0. The van der Waals surface area contributed by atoms with Crippen molar-refractivity contribution in [3.63, 3.8) is 0 Å². The molecule has 1 heterocycles. The van der Waals surface area contributed by atoms with E-state index >= 15 is 0 Å². The van der Waals surface area contributed by atoms with Crippen molar-refractivity contribution in [1.29, 1.82) is 0 Å². The fraction of sp³-hybridized carbons (Fsp3) is 0.185. The highest BCUT2D eigenvalue weighted by molar-refractivity contribution is 6.31. The number of hydrogen-bond acceptors (Lipinski definition) is 5. The number of aliphatic hydroxyl groups excluding tert-OH is 2. The van der Waals surface area contributed by atoms with Gasteiger partial charge in [0.15, 0.2) is 0 Å². The molecule has 5 rings (SSSR count). The van der Waals surface area contributed by atoms with Crippen LogP contribution in [-0.2, 0) is 4.74 Å². The Morgan fingerprint density at radius 2 is 1.68 bits per heavy atom. The topological polar surface area (TPSA) is 91.7 Å². The first-order chi connectivity index (χ1) is 16.5. The summed E-state index contributed by atoms with van der Waals surface area (Å²) in [6.07, 6.45) is -1.56. The van der Waals surface area contributed by atoms with Crippen LogP contribution in [0.15, 0.2) is 79.0 Å². The molecule has 0 spiro atoms. The van der Waals surface area contributed by atoms with Crippen molar-refractivity contribution in [2.75, 3.05) is 13.2 Å². The number of fused-ring (bicyclic) bond motifs is 4. The number of aromatic nitrogens is 1. The molecule has 1 aliphatic rings. The van der Waals surface area contributed by atoms with Crippen LogP contribution in [0.1, 0.15) is 28.7 Å². The molecular weight excluding hydrogens is 452 g/mol. The van der Waals surface area contributed by atoms with E-state index in [1.54, 1.807) is 30.5 Å². The smallest absolute Gasteiger partial charge is 0.407 e. The molecule has 6 nitrogen and oxygen atoms in total. The largest absolute Gasteiger partial charge is 0.449 e. The number of benzene rings is 3. The zero-order valence-corrected chi connectivity index (χ0v) is 18.9. The summed E-state index contributed by atoms with van der Waals surface area (Å²) in [5.74, 6) is -0.0522. The Balaban J connectivity index is 1.21. The fourth-order valence-corrected chi connectivity index (χ4v) is 4.72. The number of alkyl carbamates (subject to hydrolysis) is 1. The SMILES string of the molecule is O=C(NCC(O)C(O)c1ccnc2cc(Cl)ccc12)OCC1c2ccccc2-c2ccccc21. The molecule has 34 heavy (non-hydrogen) atoms. The van der Waals surface area contributed by atoms with Gasteiger partial charge in [0.25, 0.3) is 0 Å². The van der Waals surface area contributed by atoms with Gasteiger partial charge in [-0.1, -0.05) is 66.2 Å². The maximum Gasteiger partial charge on any atom is 0.407 e. The highest BCUT2D eigenvalue weighted by atomic mass is 35.5. The zero-order valence-electron chi connectivity index (χ0n) is 18.2. The molecule has 0 aliphatic heterocycles. The third-order valence-corrected chi connectivity index (χ3v) is 6.46. The van der Waals surface area contributed by atoms with E-state index in [-0.39, 0.29) is 19.1 Å². The molecule has 3 aromatic carbocycles. The highest BCUT2D eigenvalue weighted by Crippen LogP contribution is 2.44. The quantitative estimate of drug-likeness (QED) is 0.372. The summed E-state index contributed by atoms with van der Waals surface area (Å²) in [5.41, 5.74) is 5.66. The predicted molar refractivity (Wildman–Crippen MR) is 131 cm³/mol. The van der Waals surface area contributed by atoms with Crippen molar-refractivity contribution in [3.05, 3.63) is 101 Å². The number of amides is 1. The maximum absolute atomic E-state index is 12.4. The Morgan fingerprint density at radius 3 is 2.38 bits per heavy atom. The number of carbonyl (C=O) groups is 1. The van der Waals surface area contributed by atoms with Gasteiger partial charge in [0.05, 0.1) is 5.52 Å². The molecule has 7 heteroatoms. The lowest BCUT2D eigenvalue weighted by Gasteiger charge is -2.20. The average Bonchev–Trinajstić information content (AvgIpc) is 3.18. The van der Waals surface area contributed by atoms with Crippen molar-refractivity contribution in [2.24, 2.45) is 0 Å². The van der Waals surface area contributed by atoms with E-state index in [0.717, 1.165) is 22.3 Å². The molecular formula is C27H23ClN2O4. The number of pyridine rings is 1. The summed E-state index contributed by atoms with van der Waals surface area (Å²) >= 11 is 6.02. The van der Waals surface area contributed by atoms with Gasteiger partial charge < -0.3 is 20.3 Å². The Kier molecular flexibility index (Phi) is 6.20. The van der Waals surface area contributed by atoms with E-state index in [4.69, 9.17) is 16.3 Å². The Labute approximate surface area is 201 Å². The Morgan fingerprint density at radius 1 is 1.00 bits per heavy atom. The molecule has 1 amide bonds. The van der Waals surface area contributed by atoms with Gasteiger partial charge in [-0.3, -0.25) is 4.98 Å². The third-order valence-electron chi connectivity index (χ3n) is 6.22. The van der Waals surface area contributed by atoms with Crippen molar-refractivity contribution < 1.29 is 19.7 Å². The predicted octanol–water partition coefficient (Wildman–Crippen LogP) is 4.82. The van der Waals surface area contributed by atoms with E-state index in [1.165, 1.54) is 0 Å². The minimum absolute atomic E-state index is 0.0522. The first-order valence-electron chi connectivity index (χ1n) is 11.0. The third kappa shape index (κ3) is 4.23. The summed E-state index contributed by atoms with van der Waals surface area (Å²) in [6.45, 7) is 0.00348. The van der Waals surface area contributed by atoms with Crippen LogP contribution in [0.5, 0.6) is 0 Å². The summed E-state index contributed by atoms with van der Waals surface area (Å²) in [7, 11) is 0. The van der Waals surface area contributed by atoms with Crippen molar-refractivity contribution in [1.82, 2.24) is 10.3 Å². The zero-order chi connectivity index (χ0) is 23.7. The first-order valence-corrected chi connectivity index (χ1v) is 11.4. The number of carbonyl (C=O) groups excluding carboxylic acids is 1. The molecule has 2 atom stereocenters. The molecule has 3 N–H and O–H groups in total. The lowest BCUT2D eigenvalue weighted by Crippen LogP contribution is -2.36. The van der Waals surface area contributed by atoms with Crippen LogP contribution in [0.4, 0.5) is 4.79 Å². The second-order valence-electron chi connectivity index (χ2n) is 8.28. The van der Waals surface area contributed by atoms with Gasteiger partial charge in [-0.2, -0.15) is 0 Å². The van der Waals surface area contributed by atoms with Crippen molar-refractivity contribution in [3.8, 4) is 11.1 Å². The number of ether oxygens (including phenoxy) is 1. The number of nitrogens with one attached hydrogen (secondary N) is 1. The van der Waals surface area contributed by atoms with Crippen LogP contribution in [0.25, 0.3) is 22.0 Å². The lowest BCUT2D eigenvalue weighted by molar-refractivity contribution is 0.0193. The van der Waals surface area contributed by atoms with Gasteiger partial charge in [0.1, 0.15) is 18.8 Å². The van der Waals surface area contributed by atoms with E-state index in [9.17, 15) is 15.0 Å². The van der Waals surface area contributed by atoms with Crippen LogP contribution < -0.4 is 5.32 Å². The second kappa shape index (κ2) is 9.43. The van der Waals surface area contributed by atoms with Gasteiger partial charge in [0, 0.05) is 29.1 Å². The van der Waals surface area contributed by atoms with Crippen LogP contribution >= 0.6 is 11.6 Å². The van der Waals surface area contributed by atoms with Gasteiger partial charge in [-0.15, -0.1) is 0 Å². The van der Waals surface area contributed by atoms with Gasteiger partial charge in [0.2, 0.25) is 0 Å². The van der Waals surface area contributed by atoms with Gasteiger partial charge in [-0.05, 0) is 46.0 Å². The second-order valence-corrected chi connectivity index (χ2v) is 8.72. The number of rotatable bonds is 6. The maximum atomic E-state index is 12.4. The Bertz CT molecular complexity index is 1310. The van der Waals surface area contributed by atoms with Gasteiger partial charge >= 0.3 is 6.09 Å². The van der Waals surface area contributed by atoms with Crippen LogP contribution in [0.2, 0.25) is 5.02 Å². The van der Waals surface area contributed by atoms with Crippen molar-refractivity contribution >= 4 is 28.6 Å². The molecule has 1 aliphatic carbocycles. The summed E-state index contributed by atoms with van der Waals surface area (Å²) in [4.78, 5) is 16.6. The molecule has 172 valence electrons. The Hall–Kier alpha value is -3.45. The van der Waals surface area contributed by atoms with E-state index in [1.807, 2.05) is 36.4 Å². The molecule has 0 fully saturated rings. The monoisotopic (exact) mass is 474 g/mol. The number of aliphatic hydroxyl groups is 2. The lowest BCUT2D eigenvalue weighted by atomic mass is 9.98. The molecule has 4 aromatic rings. The molecule has 2 unspecified atom stereocenters. The van der Waals surface area contributed by atoms with E-state index in [0.29, 0.717) is 21.5 Å². The van der Waals surface area contributed by atoms with Crippen LogP contribution in [0.3, 0.4) is 0 Å². The molecule has 0 saturated heterocycles. The van der Waals surface area contributed by atoms with Crippen molar-refractivity contribution in [2.45, 2.75) is 18.1 Å². The highest BCUT2D eigenvalue weighted by Gasteiger charge is 2.29. The standard InChI is InChI=1S/C27H23ClN2O4/c28-16-9-10-21-22(11-12-29-24(21)13-16)26(32)25(31)14-30-27(33)34-15-23-19-7-3-1-5-17(19)18-6-2-4-8-20(18)23/h1-13,23,25-26,31-32H,14-15H2,(H,30,33). The summed E-state index contributed by atoms with van der Waals surface area (Å²) in [5, 5.41) is 25.0. The summed E-state index contributed by atoms with van der Waals surface area (Å²) < 4.78 is 5.49. The minimum Gasteiger partial charge on any atom is -0.449 e. The van der Waals surface area contributed by atoms with Crippen LogP contribution in [-0.4, -0.2) is 40.5 Å². The average molecular weight is 475 g/mol. The molecule has 0 bridgehead atoms.